The molecule has 0 aromatic carbocycles. The zero-order valence-electron chi connectivity index (χ0n) is 6.87. The quantitative estimate of drug-likeness (QED) is 0.715. The van der Waals surface area contributed by atoms with Gasteiger partial charge in [0.1, 0.15) is 17.2 Å². The largest absolute Gasteiger partial charge is 0.465 e. The number of rotatable bonds is 1. The van der Waals surface area contributed by atoms with Gasteiger partial charge in [0, 0.05) is 0 Å². The van der Waals surface area contributed by atoms with E-state index >= 15 is 0 Å². The van der Waals surface area contributed by atoms with Gasteiger partial charge in [-0.25, -0.2) is 9.78 Å². The van der Waals surface area contributed by atoms with E-state index in [1.54, 1.807) is 0 Å². The molecule has 1 aromatic rings. The van der Waals surface area contributed by atoms with Crippen LogP contribution in [0.3, 0.4) is 0 Å². The van der Waals surface area contributed by atoms with Gasteiger partial charge in [-0.2, -0.15) is 0 Å². The summed E-state index contributed by atoms with van der Waals surface area (Å²) in [6, 6.07) is 1.48. The summed E-state index contributed by atoms with van der Waals surface area (Å²) in [7, 11) is 1.27. The molecule has 1 rings (SSSR count). The number of methoxy groups -OCH3 is 1. The lowest BCUT2D eigenvalue weighted by Crippen LogP contribution is -2.08. The Balaban J connectivity index is 3.23. The lowest BCUT2D eigenvalue weighted by atomic mass is 10.2. The van der Waals surface area contributed by atoms with E-state index in [0.29, 0.717) is 4.47 Å². The monoisotopic (exact) mass is 245 g/mol. The Morgan fingerprint density at radius 1 is 1.54 bits per heavy atom. The molecule has 0 saturated heterocycles. The summed E-state index contributed by atoms with van der Waals surface area (Å²) in [6.07, 6.45) is 0. The lowest BCUT2D eigenvalue weighted by molar-refractivity contribution is 0.0601. The minimum atomic E-state index is -0.536. The highest BCUT2D eigenvalue weighted by Crippen LogP contribution is 2.22. The third-order valence-electron chi connectivity index (χ3n) is 1.44. The minimum absolute atomic E-state index is 0.0625. The van der Waals surface area contributed by atoms with Crippen LogP contribution in [0.1, 0.15) is 10.4 Å². The molecule has 0 aliphatic rings. The average Bonchev–Trinajstić information content (AvgIpc) is 2.10. The topological polar surface area (TPSA) is 91.2 Å². The van der Waals surface area contributed by atoms with Gasteiger partial charge in [-0.05, 0) is 22.0 Å². The maximum absolute atomic E-state index is 11.1. The van der Waals surface area contributed by atoms with Gasteiger partial charge in [-0.3, -0.25) is 0 Å². The fraction of sp³-hybridized carbons (Fsp3) is 0.143. The molecule has 0 aliphatic heterocycles. The molecule has 70 valence electrons. The summed E-state index contributed by atoms with van der Waals surface area (Å²) in [5, 5.41) is 0. The van der Waals surface area contributed by atoms with Crippen LogP contribution in [0.4, 0.5) is 11.6 Å². The van der Waals surface area contributed by atoms with Crippen molar-refractivity contribution in [3.05, 3.63) is 16.1 Å². The van der Waals surface area contributed by atoms with Crippen molar-refractivity contribution < 1.29 is 9.53 Å². The number of aromatic nitrogens is 1. The van der Waals surface area contributed by atoms with Crippen molar-refractivity contribution in [1.29, 1.82) is 0 Å². The molecular weight excluding hydrogens is 238 g/mol. The number of pyridine rings is 1. The van der Waals surface area contributed by atoms with E-state index < -0.39 is 5.97 Å². The van der Waals surface area contributed by atoms with Gasteiger partial charge < -0.3 is 16.2 Å². The van der Waals surface area contributed by atoms with Crippen molar-refractivity contribution in [2.45, 2.75) is 0 Å². The van der Waals surface area contributed by atoms with E-state index in [1.165, 1.54) is 13.2 Å². The first-order valence-corrected chi connectivity index (χ1v) is 4.15. The molecule has 0 spiro atoms. The number of ether oxygens (including phenoxy) is 1. The summed E-state index contributed by atoms with van der Waals surface area (Å²) >= 11 is 3.13. The Kier molecular flexibility index (Phi) is 2.72. The molecule has 13 heavy (non-hydrogen) atoms. The highest BCUT2D eigenvalue weighted by Gasteiger charge is 2.13. The van der Waals surface area contributed by atoms with Crippen molar-refractivity contribution >= 4 is 33.5 Å². The summed E-state index contributed by atoms with van der Waals surface area (Å²) in [4.78, 5) is 14.8. The molecule has 0 bridgehead atoms. The van der Waals surface area contributed by atoms with Crippen molar-refractivity contribution in [1.82, 2.24) is 4.98 Å². The van der Waals surface area contributed by atoms with Crippen molar-refractivity contribution in [3.8, 4) is 0 Å². The molecule has 4 N–H and O–H groups in total. The second kappa shape index (κ2) is 3.61. The van der Waals surface area contributed by atoms with Gasteiger partial charge >= 0.3 is 5.97 Å². The average molecular weight is 246 g/mol. The first kappa shape index (κ1) is 9.79. The van der Waals surface area contributed by atoms with Crippen LogP contribution in [0.25, 0.3) is 0 Å². The van der Waals surface area contributed by atoms with Crippen LogP contribution in [-0.4, -0.2) is 18.1 Å². The second-order valence-corrected chi connectivity index (χ2v) is 3.13. The highest BCUT2D eigenvalue weighted by atomic mass is 79.9. The Bertz CT molecular complexity index is 354. The first-order valence-electron chi connectivity index (χ1n) is 3.36. The number of halogens is 1. The number of nitrogens with two attached hydrogens (primary N) is 2. The number of esters is 1. The normalized spacial score (nSPS) is 9.69. The third kappa shape index (κ3) is 1.89. The van der Waals surface area contributed by atoms with Gasteiger partial charge in [0.15, 0.2) is 0 Å². The van der Waals surface area contributed by atoms with Crippen molar-refractivity contribution in [2.75, 3.05) is 18.6 Å². The number of nitrogen functional groups attached to an aromatic ring is 2. The maximum atomic E-state index is 11.1. The molecule has 1 aromatic heterocycles. The predicted octanol–water partition coefficient (Wildman–Crippen LogP) is 0.795. The summed E-state index contributed by atoms with van der Waals surface area (Å²) in [5.41, 5.74) is 11.1. The summed E-state index contributed by atoms with van der Waals surface area (Å²) in [6.45, 7) is 0. The van der Waals surface area contributed by atoms with Crippen LogP contribution in [0.2, 0.25) is 0 Å². The molecule has 6 heteroatoms. The summed E-state index contributed by atoms with van der Waals surface area (Å²) < 4.78 is 5.01. The standard InChI is InChI=1S/C7H8BrN3O2/c1-13-7(12)3-2-4(8)6(10)11-5(3)9/h2H,1H3,(H4,9,10,11). The van der Waals surface area contributed by atoms with Crippen LogP contribution in [-0.2, 0) is 4.74 Å². The van der Waals surface area contributed by atoms with Crippen molar-refractivity contribution in [2.24, 2.45) is 0 Å². The molecule has 1 heterocycles. The van der Waals surface area contributed by atoms with Gasteiger partial charge in [0.05, 0.1) is 11.6 Å². The van der Waals surface area contributed by atoms with Gasteiger partial charge in [0.2, 0.25) is 0 Å². The van der Waals surface area contributed by atoms with Gasteiger partial charge in [-0.1, -0.05) is 0 Å². The summed E-state index contributed by atoms with van der Waals surface area (Å²) in [5.74, 6) is -0.233. The van der Waals surface area contributed by atoms with Crippen LogP contribution in [0.15, 0.2) is 10.5 Å². The van der Waals surface area contributed by atoms with Crippen LogP contribution in [0.5, 0.6) is 0 Å². The highest BCUT2D eigenvalue weighted by molar-refractivity contribution is 9.10. The van der Waals surface area contributed by atoms with E-state index in [4.69, 9.17) is 11.5 Å². The maximum Gasteiger partial charge on any atom is 0.341 e. The molecule has 5 nitrogen and oxygen atoms in total. The van der Waals surface area contributed by atoms with Crippen LogP contribution >= 0.6 is 15.9 Å². The lowest BCUT2D eigenvalue weighted by Gasteiger charge is -2.04. The smallest absolute Gasteiger partial charge is 0.341 e. The zero-order valence-corrected chi connectivity index (χ0v) is 8.46. The molecule has 0 radical (unpaired) electrons. The van der Waals surface area contributed by atoms with E-state index in [9.17, 15) is 4.79 Å². The minimum Gasteiger partial charge on any atom is -0.465 e. The van der Waals surface area contributed by atoms with E-state index in [-0.39, 0.29) is 17.2 Å². The fourth-order valence-corrected chi connectivity index (χ4v) is 1.11. The molecule has 0 amide bonds. The molecule has 0 unspecified atom stereocenters. The van der Waals surface area contributed by atoms with E-state index in [2.05, 4.69) is 25.7 Å². The molecule has 0 fully saturated rings. The molecule has 0 saturated carbocycles. The molecular formula is C7H8BrN3O2. The SMILES string of the molecule is COC(=O)c1cc(Br)c(N)nc1N. The number of anilines is 2. The Morgan fingerprint density at radius 3 is 2.69 bits per heavy atom. The molecule has 0 atom stereocenters. The van der Waals surface area contributed by atoms with Crippen LogP contribution in [0, 0.1) is 0 Å². The number of carbonyl (C=O) groups is 1. The van der Waals surface area contributed by atoms with Crippen molar-refractivity contribution in [3.63, 3.8) is 0 Å². The molecule has 0 aliphatic carbocycles. The number of hydrogen-bond donors (Lipinski definition) is 2. The number of hydrogen-bond acceptors (Lipinski definition) is 5. The fourth-order valence-electron chi connectivity index (χ4n) is 0.791. The number of nitrogens with zero attached hydrogens (tertiary/aromatic N) is 1. The van der Waals surface area contributed by atoms with Crippen LogP contribution < -0.4 is 11.5 Å². The van der Waals surface area contributed by atoms with Gasteiger partial charge in [0.25, 0.3) is 0 Å². The number of carbonyl (C=O) groups excluding carboxylic acids is 1. The Hall–Kier alpha value is -1.30. The second-order valence-electron chi connectivity index (χ2n) is 2.28. The van der Waals surface area contributed by atoms with E-state index in [1.807, 2.05) is 0 Å². The Labute approximate surface area is 83.2 Å². The third-order valence-corrected chi connectivity index (χ3v) is 2.07. The first-order chi connectivity index (χ1) is 6.06. The predicted molar refractivity (Wildman–Crippen MR) is 52.1 cm³/mol. The van der Waals surface area contributed by atoms with Gasteiger partial charge in [-0.15, -0.1) is 0 Å². The van der Waals surface area contributed by atoms with E-state index in [0.717, 1.165) is 0 Å². The zero-order chi connectivity index (χ0) is 10.0. The Morgan fingerprint density at radius 2 is 2.15 bits per heavy atom.